The van der Waals surface area contributed by atoms with Crippen molar-refractivity contribution in [3.8, 4) is 16.4 Å². The monoisotopic (exact) mass is 499 g/mol. The molecule has 0 bridgehead atoms. The number of carbonyl (C=O) groups excluding carboxylic acids is 1. The highest BCUT2D eigenvalue weighted by Crippen LogP contribution is 2.36. The zero-order valence-corrected chi connectivity index (χ0v) is 20.0. The first-order chi connectivity index (χ1) is 17.2. The lowest BCUT2D eigenvalue weighted by Gasteiger charge is -2.11. The Bertz CT molecular complexity index is 1660. The minimum Gasteiger partial charge on any atom is -0.461 e. The summed E-state index contributed by atoms with van der Waals surface area (Å²) in [6, 6.07) is 21.7. The van der Waals surface area contributed by atoms with Gasteiger partial charge in [-0.05, 0) is 48.3 Å². The molecule has 35 heavy (non-hydrogen) atoms. The van der Waals surface area contributed by atoms with E-state index < -0.39 is 5.97 Å². The number of carbonyl (C=O) groups is 1. The van der Waals surface area contributed by atoms with Gasteiger partial charge in [0, 0.05) is 11.1 Å². The smallest absolute Gasteiger partial charge is 0.362 e. The van der Waals surface area contributed by atoms with Crippen molar-refractivity contribution in [1.82, 2.24) is 34.6 Å². The molecule has 0 spiro atoms. The van der Waals surface area contributed by atoms with Crippen molar-refractivity contribution in [2.24, 2.45) is 0 Å². The standard InChI is InChI=1S/C24H17N7O2S2/c1-2-33-23(32)19-21-25-22(16-11-6-7-12-17(16)31(21)29-26-19)35-24-28-27-20(18-13-8-14-34-18)30(24)15-9-4-3-5-10-15/h3-14H,2H2,1H3. The second kappa shape index (κ2) is 8.93. The van der Waals surface area contributed by atoms with Crippen LogP contribution >= 0.6 is 23.1 Å². The quantitative estimate of drug-likeness (QED) is 0.235. The summed E-state index contributed by atoms with van der Waals surface area (Å²) in [5.41, 5.74) is 2.11. The van der Waals surface area contributed by atoms with Gasteiger partial charge in [-0.2, -0.15) is 4.52 Å². The Balaban J connectivity index is 1.54. The molecule has 2 aromatic carbocycles. The Morgan fingerprint density at radius 1 is 1.00 bits per heavy atom. The molecule has 11 heteroatoms. The maximum atomic E-state index is 12.5. The fraction of sp³-hybridized carbons (Fsp3) is 0.0833. The zero-order valence-electron chi connectivity index (χ0n) is 18.4. The number of esters is 1. The molecule has 172 valence electrons. The van der Waals surface area contributed by atoms with Gasteiger partial charge in [0.05, 0.1) is 17.0 Å². The summed E-state index contributed by atoms with van der Waals surface area (Å²) in [4.78, 5) is 18.3. The van der Waals surface area contributed by atoms with Crippen molar-refractivity contribution >= 4 is 45.6 Å². The van der Waals surface area contributed by atoms with Crippen molar-refractivity contribution in [3.05, 3.63) is 77.8 Å². The summed E-state index contributed by atoms with van der Waals surface area (Å²) in [6.45, 7) is 1.98. The highest BCUT2D eigenvalue weighted by atomic mass is 32.2. The van der Waals surface area contributed by atoms with E-state index in [9.17, 15) is 4.79 Å². The number of ether oxygens (including phenoxy) is 1. The Kier molecular flexibility index (Phi) is 5.47. The van der Waals surface area contributed by atoms with Crippen molar-refractivity contribution in [1.29, 1.82) is 0 Å². The minimum atomic E-state index is -0.561. The Labute approximate surface area is 207 Å². The van der Waals surface area contributed by atoms with Gasteiger partial charge in [0.1, 0.15) is 5.03 Å². The van der Waals surface area contributed by atoms with Gasteiger partial charge in [0.15, 0.2) is 11.5 Å². The molecule has 6 rings (SSSR count). The number of benzene rings is 2. The third-order valence-electron chi connectivity index (χ3n) is 5.26. The fourth-order valence-corrected chi connectivity index (χ4v) is 5.39. The highest BCUT2D eigenvalue weighted by molar-refractivity contribution is 7.99. The maximum absolute atomic E-state index is 12.5. The van der Waals surface area contributed by atoms with Crippen LogP contribution in [-0.2, 0) is 4.74 Å². The van der Waals surface area contributed by atoms with Gasteiger partial charge < -0.3 is 4.74 Å². The van der Waals surface area contributed by atoms with Crippen LogP contribution in [0.2, 0.25) is 0 Å². The fourth-order valence-electron chi connectivity index (χ4n) is 3.74. The van der Waals surface area contributed by atoms with Crippen LogP contribution in [0.1, 0.15) is 17.4 Å². The predicted molar refractivity (Wildman–Crippen MR) is 133 cm³/mol. The molecule has 0 amide bonds. The first-order valence-corrected chi connectivity index (χ1v) is 12.5. The lowest BCUT2D eigenvalue weighted by Crippen LogP contribution is -2.07. The SMILES string of the molecule is CCOC(=O)c1nnn2c1nc(Sc1nnc(-c3cccs3)n1-c1ccccc1)c1ccccc12. The van der Waals surface area contributed by atoms with Crippen LogP contribution < -0.4 is 0 Å². The number of hydrogen-bond donors (Lipinski definition) is 0. The van der Waals surface area contributed by atoms with Crippen molar-refractivity contribution in [3.63, 3.8) is 0 Å². The summed E-state index contributed by atoms with van der Waals surface area (Å²) < 4.78 is 8.73. The van der Waals surface area contributed by atoms with Gasteiger partial charge in [-0.3, -0.25) is 4.57 Å². The van der Waals surface area contributed by atoms with Gasteiger partial charge in [-0.25, -0.2) is 9.78 Å². The second-order valence-electron chi connectivity index (χ2n) is 7.38. The van der Waals surface area contributed by atoms with E-state index in [0.29, 0.717) is 15.8 Å². The van der Waals surface area contributed by atoms with E-state index in [-0.39, 0.29) is 12.3 Å². The number of thiophene rings is 1. The molecule has 0 radical (unpaired) electrons. The van der Waals surface area contributed by atoms with Crippen LogP contribution in [0.15, 0.2) is 82.3 Å². The summed E-state index contributed by atoms with van der Waals surface area (Å²) in [5, 5.41) is 21.4. The first-order valence-electron chi connectivity index (χ1n) is 10.8. The highest BCUT2D eigenvalue weighted by Gasteiger charge is 2.23. The van der Waals surface area contributed by atoms with E-state index in [2.05, 4.69) is 20.5 Å². The molecule has 9 nitrogen and oxygen atoms in total. The average Bonchev–Trinajstić information content (AvgIpc) is 3.64. The Morgan fingerprint density at radius 3 is 2.63 bits per heavy atom. The molecule has 0 aliphatic heterocycles. The van der Waals surface area contributed by atoms with E-state index >= 15 is 0 Å². The summed E-state index contributed by atoms with van der Waals surface area (Å²) in [5.74, 6) is 0.186. The van der Waals surface area contributed by atoms with Crippen molar-refractivity contribution < 1.29 is 9.53 Å². The van der Waals surface area contributed by atoms with E-state index in [4.69, 9.17) is 9.72 Å². The Hall–Kier alpha value is -4.09. The minimum absolute atomic E-state index is 0.0725. The molecule has 0 atom stereocenters. The summed E-state index contributed by atoms with van der Waals surface area (Å²) >= 11 is 2.97. The largest absolute Gasteiger partial charge is 0.461 e. The number of nitrogens with zero attached hydrogens (tertiary/aromatic N) is 7. The van der Waals surface area contributed by atoms with E-state index in [1.807, 2.05) is 76.7 Å². The van der Waals surface area contributed by atoms with Crippen LogP contribution in [0.4, 0.5) is 0 Å². The summed E-state index contributed by atoms with van der Waals surface area (Å²) in [7, 11) is 0. The predicted octanol–water partition coefficient (Wildman–Crippen LogP) is 4.91. The average molecular weight is 500 g/mol. The normalized spacial score (nSPS) is 11.3. The third kappa shape index (κ3) is 3.74. The van der Waals surface area contributed by atoms with Crippen LogP contribution in [0, 0.1) is 0 Å². The van der Waals surface area contributed by atoms with Crippen LogP contribution in [0.3, 0.4) is 0 Å². The van der Waals surface area contributed by atoms with Gasteiger partial charge in [-0.1, -0.05) is 47.7 Å². The van der Waals surface area contributed by atoms with Crippen LogP contribution in [-0.4, -0.2) is 47.2 Å². The van der Waals surface area contributed by atoms with Gasteiger partial charge >= 0.3 is 5.97 Å². The molecule has 0 unspecified atom stereocenters. The molecule has 0 aliphatic rings. The molecule has 6 aromatic rings. The third-order valence-corrected chi connectivity index (χ3v) is 7.08. The molecule has 0 aliphatic carbocycles. The number of aromatic nitrogens is 7. The van der Waals surface area contributed by atoms with Crippen LogP contribution in [0.25, 0.3) is 32.9 Å². The molecular formula is C24H17N7O2S2. The lowest BCUT2D eigenvalue weighted by atomic mass is 10.2. The number of para-hydroxylation sites is 2. The van der Waals surface area contributed by atoms with E-state index in [0.717, 1.165) is 27.3 Å². The van der Waals surface area contributed by atoms with E-state index in [1.54, 1.807) is 22.8 Å². The molecule has 4 heterocycles. The zero-order chi connectivity index (χ0) is 23.8. The van der Waals surface area contributed by atoms with Gasteiger partial charge in [0.25, 0.3) is 0 Å². The summed E-state index contributed by atoms with van der Waals surface area (Å²) in [6.07, 6.45) is 0. The topological polar surface area (TPSA) is 100 Å². The molecule has 0 N–H and O–H groups in total. The van der Waals surface area contributed by atoms with Gasteiger partial charge in [-0.15, -0.1) is 26.6 Å². The van der Waals surface area contributed by atoms with Crippen LogP contribution in [0.5, 0.6) is 0 Å². The second-order valence-corrected chi connectivity index (χ2v) is 9.29. The number of hydrogen-bond acceptors (Lipinski definition) is 9. The molecule has 4 aromatic heterocycles. The molecular weight excluding hydrogens is 482 g/mol. The lowest BCUT2D eigenvalue weighted by molar-refractivity contribution is 0.0521. The van der Waals surface area contributed by atoms with Crippen molar-refractivity contribution in [2.75, 3.05) is 6.61 Å². The first kappa shape index (κ1) is 21.4. The van der Waals surface area contributed by atoms with Gasteiger partial charge in [0.2, 0.25) is 10.9 Å². The Morgan fingerprint density at radius 2 is 1.83 bits per heavy atom. The molecule has 0 fully saturated rings. The van der Waals surface area contributed by atoms with E-state index in [1.165, 1.54) is 11.8 Å². The maximum Gasteiger partial charge on any atom is 0.362 e. The molecule has 0 saturated carbocycles. The molecule has 0 saturated heterocycles. The van der Waals surface area contributed by atoms with Crippen molar-refractivity contribution in [2.45, 2.75) is 17.1 Å². The number of fused-ring (bicyclic) bond motifs is 3. The number of rotatable bonds is 6.